The zero-order chi connectivity index (χ0) is 12.5. The summed E-state index contributed by atoms with van der Waals surface area (Å²) in [5, 5.41) is 2.06. The first-order valence-electron chi connectivity index (χ1n) is 5.91. The molecule has 0 radical (unpaired) electrons. The van der Waals surface area contributed by atoms with Crippen molar-refractivity contribution in [3.8, 4) is 0 Å². The van der Waals surface area contributed by atoms with Crippen molar-refractivity contribution in [2.24, 2.45) is 11.8 Å². The number of hydrogen-bond acceptors (Lipinski definition) is 3. The van der Waals surface area contributed by atoms with E-state index in [2.05, 4.69) is 16.9 Å². The third-order valence-electron chi connectivity index (χ3n) is 3.52. The minimum atomic E-state index is -2.47. The Kier molecular flexibility index (Phi) is 3.80. The van der Waals surface area contributed by atoms with Crippen LogP contribution in [-0.2, 0) is 0 Å². The van der Waals surface area contributed by atoms with Crippen molar-refractivity contribution in [1.29, 1.82) is 0 Å². The fourth-order valence-electron chi connectivity index (χ4n) is 2.53. The van der Waals surface area contributed by atoms with Gasteiger partial charge in [0.25, 0.3) is 0 Å². The number of nitrogens with one attached hydrogen (secondary N) is 1. The molecule has 1 aromatic heterocycles. The molecule has 0 spiro atoms. The Morgan fingerprint density at radius 2 is 2.12 bits per heavy atom. The Bertz CT molecular complexity index is 368. The van der Waals surface area contributed by atoms with Gasteiger partial charge in [-0.2, -0.15) is 0 Å². The molecule has 0 aliphatic heterocycles. The summed E-state index contributed by atoms with van der Waals surface area (Å²) in [6.45, 7) is 2.04. The van der Waals surface area contributed by atoms with Gasteiger partial charge in [0.1, 0.15) is 0 Å². The highest BCUT2D eigenvalue weighted by Crippen LogP contribution is 2.41. The molecule has 3 N–H and O–H groups in total. The van der Waals surface area contributed by atoms with Crippen LogP contribution in [0.5, 0.6) is 0 Å². The molecule has 1 saturated carbocycles. The van der Waals surface area contributed by atoms with E-state index < -0.39 is 5.92 Å². The van der Waals surface area contributed by atoms with Crippen LogP contribution in [0, 0.1) is 12.8 Å². The van der Waals surface area contributed by atoms with Gasteiger partial charge in [0.05, 0.1) is 0 Å². The highest BCUT2D eigenvalue weighted by molar-refractivity contribution is 7.10. The average molecular weight is 260 g/mol. The molecule has 1 unspecified atom stereocenters. The van der Waals surface area contributed by atoms with Crippen molar-refractivity contribution in [2.45, 2.75) is 44.6 Å². The van der Waals surface area contributed by atoms with Gasteiger partial charge in [-0.1, -0.05) is 0 Å². The van der Waals surface area contributed by atoms with Crippen molar-refractivity contribution < 1.29 is 8.78 Å². The second-order valence-corrected chi connectivity index (χ2v) is 5.94. The molecule has 2 rings (SSSR count). The Labute approximate surface area is 104 Å². The molecule has 0 bridgehead atoms. The van der Waals surface area contributed by atoms with E-state index in [1.165, 1.54) is 4.88 Å². The Morgan fingerprint density at radius 3 is 2.59 bits per heavy atom. The van der Waals surface area contributed by atoms with Crippen molar-refractivity contribution >= 4 is 11.3 Å². The molecule has 5 heteroatoms. The minimum absolute atomic E-state index is 0.0102. The number of hydrogen-bond donors (Lipinski definition) is 2. The van der Waals surface area contributed by atoms with E-state index in [0.29, 0.717) is 12.8 Å². The van der Waals surface area contributed by atoms with Crippen molar-refractivity contribution in [1.82, 2.24) is 5.43 Å². The standard InChI is InChI=1S/C12H18F2N2S/c1-8-6-10(7-17-8)11(16-15)9-2-4-12(13,14)5-3-9/h6-7,9,11,16H,2-5,15H2,1H3. The highest BCUT2D eigenvalue weighted by Gasteiger charge is 2.37. The maximum Gasteiger partial charge on any atom is 0.248 e. The van der Waals surface area contributed by atoms with Crippen molar-refractivity contribution in [3.05, 3.63) is 21.9 Å². The molecule has 0 aromatic carbocycles. The van der Waals surface area contributed by atoms with Gasteiger partial charge in [-0.05, 0) is 42.7 Å². The van der Waals surface area contributed by atoms with Gasteiger partial charge in [0.2, 0.25) is 5.92 Å². The number of alkyl halides is 2. The molecule has 0 saturated heterocycles. The Morgan fingerprint density at radius 1 is 1.47 bits per heavy atom. The van der Waals surface area contributed by atoms with Gasteiger partial charge >= 0.3 is 0 Å². The van der Waals surface area contributed by atoms with Crippen LogP contribution in [0.4, 0.5) is 8.78 Å². The number of aryl methyl sites for hydroxylation is 1. The van der Waals surface area contributed by atoms with Crippen molar-refractivity contribution in [3.63, 3.8) is 0 Å². The molecule has 1 aromatic rings. The third kappa shape index (κ3) is 3.03. The van der Waals surface area contributed by atoms with E-state index in [-0.39, 0.29) is 24.8 Å². The maximum atomic E-state index is 13.1. The van der Waals surface area contributed by atoms with Crippen LogP contribution in [0.2, 0.25) is 0 Å². The molecule has 96 valence electrons. The fraction of sp³-hybridized carbons (Fsp3) is 0.667. The van der Waals surface area contributed by atoms with E-state index in [9.17, 15) is 8.78 Å². The summed E-state index contributed by atoms with van der Waals surface area (Å²) in [6.07, 6.45) is 1.05. The number of halogens is 2. The van der Waals surface area contributed by atoms with E-state index in [1.807, 2.05) is 6.92 Å². The van der Waals surface area contributed by atoms with Crippen LogP contribution in [0.15, 0.2) is 11.4 Å². The predicted molar refractivity (Wildman–Crippen MR) is 66.0 cm³/mol. The summed E-state index contributed by atoms with van der Waals surface area (Å²) in [4.78, 5) is 1.22. The van der Waals surface area contributed by atoms with Gasteiger partial charge in [-0.25, -0.2) is 8.78 Å². The SMILES string of the molecule is Cc1cc(C(NN)C2CCC(F)(F)CC2)cs1. The summed E-state index contributed by atoms with van der Waals surface area (Å²) < 4.78 is 26.2. The lowest BCUT2D eigenvalue weighted by Crippen LogP contribution is -2.37. The zero-order valence-electron chi connectivity index (χ0n) is 9.88. The summed E-state index contributed by atoms with van der Waals surface area (Å²) >= 11 is 1.67. The number of rotatable bonds is 3. The van der Waals surface area contributed by atoms with E-state index in [0.717, 1.165) is 5.56 Å². The molecular formula is C12H18F2N2S. The molecule has 17 heavy (non-hydrogen) atoms. The largest absolute Gasteiger partial charge is 0.271 e. The van der Waals surface area contributed by atoms with E-state index in [1.54, 1.807) is 11.3 Å². The Hall–Kier alpha value is -0.520. The van der Waals surface area contributed by atoms with Gasteiger partial charge < -0.3 is 0 Å². The predicted octanol–water partition coefficient (Wildman–Crippen LogP) is 3.39. The zero-order valence-corrected chi connectivity index (χ0v) is 10.7. The average Bonchev–Trinajstić information content (AvgIpc) is 2.68. The fourth-order valence-corrected chi connectivity index (χ4v) is 3.27. The first-order chi connectivity index (χ1) is 8.02. The molecule has 1 aliphatic carbocycles. The number of hydrazine groups is 1. The number of thiophene rings is 1. The summed E-state index contributed by atoms with van der Waals surface area (Å²) in [5.41, 5.74) is 3.92. The van der Waals surface area contributed by atoms with Gasteiger partial charge in [0.15, 0.2) is 0 Å². The molecule has 1 fully saturated rings. The smallest absolute Gasteiger partial charge is 0.248 e. The van der Waals surface area contributed by atoms with Gasteiger partial charge in [-0.3, -0.25) is 11.3 Å². The van der Waals surface area contributed by atoms with Crippen LogP contribution in [-0.4, -0.2) is 5.92 Å². The van der Waals surface area contributed by atoms with Gasteiger partial charge in [-0.15, -0.1) is 11.3 Å². The monoisotopic (exact) mass is 260 g/mol. The summed E-state index contributed by atoms with van der Waals surface area (Å²) in [7, 11) is 0. The molecule has 2 nitrogen and oxygen atoms in total. The topological polar surface area (TPSA) is 38.0 Å². The van der Waals surface area contributed by atoms with Crippen LogP contribution in [0.1, 0.15) is 42.2 Å². The normalized spacial score (nSPS) is 22.6. The number of nitrogens with two attached hydrogens (primary N) is 1. The molecule has 1 aliphatic rings. The highest BCUT2D eigenvalue weighted by atomic mass is 32.1. The first-order valence-corrected chi connectivity index (χ1v) is 6.79. The maximum absolute atomic E-state index is 13.1. The van der Waals surface area contributed by atoms with Crippen LogP contribution in [0.25, 0.3) is 0 Å². The minimum Gasteiger partial charge on any atom is -0.271 e. The summed E-state index contributed by atoms with van der Waals surface area (Å²) in [5.74, 6) is 3.32. The van der Waals surface area contributed by atoms with Crippen LogP contribution >= 0.6 is 11.3 Å². The van der Waals surface area contributed by atoms with Crippen LogP contribution < -0.4 is 11.3 Å². The third-order valence-corrected chi connectivity index (χ3v) is 4.40. The quantitative estimate of drug-likeness (QED) is 0.646. The van der Waals surface area contributed by atoms with Crippen molar-refractivity contribution in [2.75, 3.05) is 0 Å². The van der Waals surface area contributed by atoms with Crippen LogP contribution in [0.3, 0.4) is 0 Å². The molecule has 0 amide bonds. The lowest BCUT2D eigenvalue weighted by molar-refractivity contribution is -0.0497. The van der Waals surface area contributed by atoms with E-state index in [4.69, 9.17) is 5.84 Å². The second-order valence-electron chi connectivity index (χ2n) is 4.83. The molecule has 1 heterocycles. The Balaban J connectivity index is 2.05. The van der Waals surface area contributed by atoms with Gasteiger partial charge in [0, 0.05) is 23.8 Å². The first kappa shape index (κ1) is 12.9. The lowest BCUT2D eigenvalue weighted by Gasteiger charge is -2.33. The van der Waals surface area contributed by atoms with E-state index >= 15 is 0 Å². The molecule has 1 atom stereocenters. The summed E-state index contributed by atoms with van der Waals surface area (Å²) in [6, 6.07) is 2.10. The lowest BCUT2D eigenvalue weighted by atomic mass is 9.80. The second kappa shape index (κ2) is 5.00. The molecular weight excluding hydrogens is 242 g/mol.